The summed E-state index contributed by atoms with van der Waals surface area (Å²) in [5.74, 6) is -1.92. The van der Waals surface area contributed by atoms with E-state index < -0.39 is 23.5 Å². The molecule has 0 amide bonds. The number of nitrogens with one attached hydrogen (secondary N) is 1. The van der Waals surface area contributed by atoms with Crippen LogP contribution in [-0.4, -0.2) is 14.2 Å². The molecule has 2 rings (SSSR count). The molecule has 0 aliphatic carbocycles. The summed E-state index contributed by atoms with van der Waals surface area (Å²) in [6.45, 7) is 0. The van der Waals surface area contributed by atoms with Gasteiger partial charge in [0, 0.05) is 22.2 Å². The highest BCUT2D eigenvalue weighted by Crippen LogP contribution is 2.33. The van der Waals surface area contributed by atoms with Crippen molar-refractivity contribution in [2.75, 3.05) is 14.2 Å². The molecule has 1 N–H and O–H groups in total. The second-order valence-corrected chi connectivity index (χ2v) is 5.25. The fraction of sp³-hybridized carbons (Fsp3) is 0.200. The van der Waals surface area contributed by atoms with E-state index in [0.29, 0.717) is 10.0 Å². The van der Waals surface area contributed by atoms with Crippen molar-refractivity contribution in [1.82, 2.24) is 5.32 Å². The third kappa shape index (κ3) is 3.22. The molecule has 2 aromatic rings. The Balaban J connectivity index is 2.59. The molecular weight excluding hydrogens is 347 g/mol. The lowest BCUT2D eigenvalue weighted by Crippen LogP contribution is -2.21. The fourth-order valence-corrected chi connectivity index (χ4v) is 2.62. The molecule has 112 valence electrons. The molecule has 0 aliphatic heterocycles. The summed E-state index contributed by atoms with van der Waals surface area (Å²) in [6, 6.07) is 5.34. The van der Waals surface area contributed by atoms with Gasteiger partial charge in [-0.25, -0.2) is 13.2 Å². The molecule has 0 aliphatic rings. The van der Waals surface area contributed by atoms with Gasteiger partial charge in [-0.3, -0.25) is 0 Å². The number of rotatable bonds is 4. The number of methoxy groups -OCH3 is 1. The van der Waals surface area contributed by atoms with Crippen LogP contribution in [0.15, 0.2) is 34.8 Å². The van der Waals surface area contributed by atoms with E-state index in [9.17, 15) is 13.2 Å². The molecule has 6 heteroatoms. The van der Waals surface area contributed by atoms with Gasteiger partial charge >= 0.3 is 0 Å². The van der Waals surface area contributed by atoms with Crippen LogP contribution in [0.25, 0.3) is 0 Å². The van der Waals surface area contributed by atoms with Gasteiger partial charge in [0.15, 0.2) is 0 Å². The molecule has 0 saturated carbocycles. The third-order valence-corrected chi connectivity index (χ3v) is 3.86. The zero-order valence-electron chi connectivity index (χ0n) is 11.4. The Morgan fingerprint density at radius 2 is 1.71 bits per heavy atom. The van der Waals surface area contributed by atoms with E-state index in [-0.39, 0.29) is 11.3 Å². The summed E-state index contributed by atoms with van der Waals surface area (Å²) >= 11 is 3.27. The van der Waals surface area contributed by atoms with Crippen molar-refractivity contribution in [3.63, 3.8) is 0 Å². The van der Waals surface area contributed by atoms with E-state index in [1.54, 1.807) is 7.05 Å². The van der Waals surface area contributed by atoms with Crippen molar-refractivity contribution in [2.45, 2.75) is 6.04 Å². The minimum absolute atomic E-state index is 0.0851. The molecule has 0 fully saturated rings. The third-order valence-electron chi connectivity index (χ3n) is 3.13. The van der Waals surface area contributed by atoms with Gasteiger partial charge in [-0.05, 0) is 30.8 Å². The van der Waals surface area contributed by atoms with Gasteiger partial charge in [0.2, 0.25) is 0 Å². The summed E-state index contributed by atoms with van der Waals surface area (Å²) in [7, 11) is 2.87. The van der Waals surface area contributed by atoms with Crippen molar-refractivity contribution in [3.8, 4) is 5.75 Å². The maximum Gasteiger partial charge on any atom is 0.134 e. The Kier molecular flexibility index (Phi) is 4.90. The predicted molar refractivity (Wildman–Crippen MR) is 77.9 cm³/mol. The average Bonchev–Trinajstić information content (AvgIpc) is 2.45. The molecule has 0 spiro atoms. The molecule has 1 unspecified atom stereocenters. The Bertz CT molecular complexity index is 640. The highest BCUT2D eigenvalue weighted by atomic mass is 79.9. The second-order valence-electron chi connectivity index (χ2n) is 4.39. The topological polar surface area (TPSA) is 21.3 Å². The van der Waals surface area contributed by atoms with E-state index >= 15 is 0 Å². The van der Waals surface area contributed by atoms with Gasteiger partial charge in [-0.2, -0.15) is 0 Å². The number of halogens is 4. The van der Waals surface area contributed by atoms with Crippen LogP contribution in [0.1, 0.15) is 17.2 Å². The number of benzene rings is 2. The highest BCUT2D eigenvalue weighted by molar-refractivity contribution is 9.10. The van der Waals surface area contributed by atoms with Crippen molar-refractivity contribution < 1.29 is 17.9 Å². The first kappa shape index (κ1) is 15.9. The Labute approximate surface area is 129 Å². The van der Waals surface area contributed by atoms with Crippen LogP contribution in [0.4, 0.5) is 13.2 Å². The molecule has 1 atom stereocenters. The molecule has 0 saturated heterocycles. The van der Waals surface area contributed by atoms with Gasteiger partial charge in [-0.1, -0.05) is 15.9 Å². The standard InChI is InChI=1S/C15H13BrF3NO/c1-20-15(10-5-8(17)3-4-11(10)16)14-12(18)6-9(21-2)7-13(14)19/h3-7,15,20H,1-2H3. The average molecular weight is 360 g/mol. The number of ether oxygens (including phenoxy) is 1. The maximum atomic E-state index is 14.2. The zero-order chi connectivity index (χ0) is 15.6. The normalized spacial score (nSPS) is 12.3. The van der Waals surface area contributed by atoms with Gasteiger partial charge in [0.1, 0.15) is 23.2 Å². The molecule has 2 aromatic carbocycles. The van der Waals surface area contributed by atoms with Crippen molar-refractivity contribution >= 4 is 15.9 Å². The van der Waals surface area contributed by atoms with E-state index in [1.807, 2.05) is 0 Å². The van der Waals surface area contributed by atoms with Gasteiger partial charge in [-0.15, -0.1) is 0 Å². The largest absolute Gasteiger partial charge is 0.497 e. The predicted octanol–water partition coefficient (Wildman–Crippen LogP) is 4.18. The number of hydrogen-bond donors (Lipinski definition) is 1. The summed E-state index contributed by atoms with van der Waals surface area (Å²) in [6.07, 6.45) is 0. The molecule has 2 nitrogen and oxygen atoms in total. The van der Waals surface area contributed by atoms with Crippen LogP contribution in [0, 0.1) is 17.5 Å². The first-order chi connectivity index (χ1) is 9.97. The number of hydrogen-bond acceptors (Lipinski definition) is 2. The van der Waals surface area contributed by atoms with Crippen molar-refractivity contribution in [2.24, 2.45) is 0 Å². The minimum Gasteiger partial charge on any atom is -0.497 e. The SMILES string of the molecule is CNC(c1cc(F)ccc1Br)c1c(F)cc(OC)cc1F. The molecule has 0 bridgehead atoms. The quantitative estimate of drug-likeness (QED) is 0.883. The summed E-state index contributed by atoms with van der Waals surface area (Å²) in [5.41, 5.74) is 0.213. The molecule has 0 aromatic heterocycles. The van der Waals surface area contributed by atoms with Gasteiger partial charge in [0.25, 0.3) is 0 Å². The molecular formula is C15H13BrF3NO. The monoisotopic (exact) mass is 359 g/mol. The van der Waals surface area contributed by atoms with Crippen LogP contribution < -0.4 is 10.1 Å². The van der Waals surface area contributed by atoms with Crippen LogP contribution in [0.3, 0.4) is 0 Å². The Morgan fingerprint density at radius 3 is 2.24 bits per heavy atom. The lowest BCUT2D eigenvalue weighted by Gasteiger charge is -2.20. The lowest BCUT2D eigenvalue weighted by atomic mass is 9.97. The van der Waals surface area contributed by atoms with E-state index in [2.05, 4.69) is 21.2 Å². The smallest absolute Gasteiger partial charge is 0.134 e. The second kappa shape index (κ2) is 6.49. The van der Waals surface area contributed by atoms with Crippen LogP contribution in [0.2, 0.25) is 0 Å². The molecule has 0 radical (unpaired) electrons. The fourth-order valence-electron chi connectivity index (χ4n) is 2.15. The summed E-state index contributed by atoms with van der Waals surface area (Å²) in [5, 5.41) is 2.80. The summed E-state index contributed by atoms with van der Waals surface area (Å²) in [4.78, 5) is 0. The molecule has 21 heavy (non-hydrogen) atoms. The van der Waals surface area contributed by atoms with Crippen molar-refractivity contribution in [3.05, 3.63) is 63.4 Å². The van der Waals surface area contributed by atoms with Crippen LogP contribution in [-0.2, 0) is 0 Å². The van der Waals surface area contributed by atoms with E-state index in [0.717, 1.165) is 12.1 Å². The summed E-state index contributed by atoms with van der Waals surface area (Å²) < 4.78 is 47.2. The maximum absolute atomic E-state index is 14.2. The lowest BCUT2D eigenvalue weighted by molar-refractivity contribution is 0.403. The Hall–Kier alpha value is -1.53. The van der Waals surface area contributed by atoms with E-state index in [1.165, 1.54) is 25.3 Å². The molecule has 0 heterocycles. The minimum atomic E-state index is -0.832. The first-order valence-electron chi connectivity index (χ1n) is 6.13. The van der Waals surface area contributed by atoms with E-state index in [4.69, 9.17) is 4.74 Å². The zero-order valence-corrected chi connectivity index (χ0v) is 13.0. The highest BCUT2D eigenvalue weighted by Gasteiger charge is 2.24. The first-order valence-corrected chi connectivity index (χ1v) is 6.92. The van der Waals surface area contributed by atoms with Crippen molar-refractivity contribution in [1.29, 1.82) is 0 Å². The Morgan fingerprint density at radius 1 is 1.10 bits per heavy atom. The van der Waals surface area contributed by atoms with Gasteiger partial charge < -0.3 is 10.1 Å². The van der Waals surface area contributed by atoms with Gasteiger partial charge in [0.05, 0.1) is 13.2 Å². The van der Waals surface area contributed by atoms with Crippen LogP contribution >= 0.6 is 15.9 Å². The van der Waals surface area contributed by atoms with Crippen LogP contribution in [0.5, 0.6) is 5.75 Å².